The monoisotopic (exact) mass is 242 g/mol. The predicted molar refractivity (Wildman–Crippen MR) is 72.1 cm³/mol. The van der Waals surface area contributed by atoms with Crippen LogP contribution in [0.25, 0.3) is 0 Å². The van der Waals surface area contributed by atoms with Crippen LogP contribution in [0.1, 0.15) is 13.3 Å². The summed E-state index contributed by atoms with van der Waals surface area (Å²) >= 11 is 3.70. The molecule has 0 radical (unpaired) electrons. The largest absolute Gasteiger partial charge is 0.370 e. The molecule has 1 aromatic heterocycles. The van der Waals surface area contributed by atoms with Crippen LogP contribution in [-0.2, 0) is 0 Å². The van der Waals surface area contributed by atoms with Gasteiger partial charge < -0.3 is 5.32 Å². The second kappa shape index (κ2) is 7.88. The number of anilines is 1. The average Bonchev–Trinajstić information content (AvgIpc) is 2.30. The Kier molecular flexibility index (Phi) is 6.68. The standard InChI is InChI=1S/C11H18N2S2/c1-3-15-8-4-7-12-11-6-5-10(14-2)9-13-11/h5-6,9H,3-4,7-8H2,1-2H3,(H,12,13). The van der Waals surface area contributed by atoms with Gasteiger partial charge in [-0.05, 0) is 36.3 Å². The van der Waals surface area contributed by atoms with Crippen LogP contribution in [0.15, 0.2) is 23.2 Å². The van der Waals surface area contributed by atoms with Crippen molar-refractivity contribution in [2.75, 3.05) is 29.6 Å². The van der Waals surface area contributed by atoms with Crippen molar-refractivity contribution in [3.05, 3.63) is 18.3 Å². The second-order valence-electron chi connectivity index (χ2n) is 3.06. The van der Waals surface area contributed by atoms with Crippen molar-refractivity contribution < 1.29 is 0 Å². The molecule has 0 saturated carbocycles. The average molecular weight is 242 g/mol. The number of hydrogen-bond acceptors (Lipinski definition) is 4. The first-order valence-corrected chi connectivity index (χ1v) is 7.56. The molecule has 0 spiro atoms. The lowest BCUT2D eigenvalue weighted by Crippen LogP contribution is -2.04. The molecule has 0 unspecified atom stereocenters. The summed E-state index contributed by atoms with van der Waals surface area (Å²) in [5.41, 5.74) is 0. The Morgan fingerprint density at radius 3 is 2.87 bits per heavy atom. The number of pyridine rings is 1. The van der Waals surface area contributed by atoms with Crippen LogP contribution in [-0.4, -0.2) is 29.3 Å². The third kappa shape index (κ3) is 5.33. The van der Waals surface area contributed by atoms with Gasteiger partial charge in [-0.1, -0.05) is 6.92 Å². The number of nitrogens with one attached hydrogen (secondary N) is 1. The second-order valence-corrected chi connectivity index (χ2v) is 5.33. The van der Waals surface area contributed by atoms with Gasteiger partial charge in [-0.15, -0.1) is 11.8 Å². The lowest BCUT2D eigenvalue weighted by Gasteiger charge is -2.05. The van der Waals surface area contributed by atoms with Crippen molar-refractivity contribution in [1.29, 1.82) is 0 Å². The van der Waals surface area contributed by atoms with Gasteiger partial charge in [-0.25, -0.2) is 4.98 Å². The van der Waals surface area contributed by atoms with Crippen LogP contribution in [0, 0.1) is 0 Å². The lowest BCUT2D eigenvalue weighted by molar-refractivity contribution is 0.978. The summed E-state index contributed by atoms with van der Waals surface area (Å²) in [5.74, 6) is 3.42. The van der Waals surface area contributed by atoms with Crippen molar-refractivity contribution in [3.63, 3.8) is 0 Å². The van der Waals surface area contributed by atoms with E-state index in [0.717, 1.165) is 12.4 Å². The highest BCUT2D eigenvalue weighted by Crippen LogP contribution is 2.14. The van der Waals surface area contributed by atoms with Gasteiger partial charge >= 0.3 is 0 Å². The van der Waals surface area contributed by atoms with Crippen LogP contribution in [0.3, 0.4) is 0 Å². The van der Waals surface area contributed by atoms with Gasteiger partial charge in [0.1, 0.15) is 5.82 Å². The molecule has 0 atom stereocenters. The van der Waals surface area contributed by atoms with Crippen molar-refractivity contribution in [2.24, 2.45) is 0 Å². The molecule has 1 aromatic rings. The van der Waals surface area contributed by atoms with E-state index in [4.69, 9.17) is 0 Å². The Bertz CT molecular complexity index is 262. The van der Waals surface area contributed by atoms with Crippen LogP contribution in [0.4, 0.5) is 5.82 Å². The molecule has 0 saturated heterocycles. The van der Waals surface area contributed by atoms with Crippen LogP contribution in [0.5, 0.6) is 0 Å². The smallest absolute Gasteiger partial charge is 0.125 e. The van der Waals surface area contributed by atoms with E-state index in [1.54, 1.807) is 11.8 Å². The molecule has 0 aliphatic carbocycles. The van der Waals surface area contributed by atoms with Gasteiger partial charge in [0.2, 0.25) is 0 Å². The number of nitrogens with zero attached hydrogens (tertiary/aromatic N) is 1. The first-order chi connectivity index (χ1) is 7.36. The zero-order valence-corrected chi connectivity index (χ0v) is 11.0. The summed E-state index contributed by atoms with van der Waals surface area (Å²) < 4.78 is 0. The molecule has 1 N–H and O–H groups in total. The molecule has 84 valence electrons. The topological polar surface area (TPSA) is 24.9 Å². The fourth-order valence-corrected chi connectivity index (χ4v) is 2.14. The van der Waals surface area contributed by atoms with E-state index in [0.29, 0.717) is 0 Å². The van der Waals surface area contributed by atoms with Crippen molar-refractivity contribution in [2.45, 2.75) is 18.2 Å². The maximum absolute atomic E-state index is 4.33. The third-order valence-electron chi connectivity index (χ3n) is 1.95. The van der Waals surface area contributed by atoms with Crippen molar-refractivity contribution in [1.82, 2.24) is 4.98 Å². The minimum atomic E-state index is 0.981. The number of aromatic nitrogens is 1. The van der Waals surface area contributed by atoms with Gasteiger partial charge in [0.15, 0.2) is 0 Å². The molecule has 1 rings (SSSR count). The molecule has 2 nitrogen and oxygen atoms in total. The summed E-state index contributed by atoms with van der Waals surface area (Å²) in [6.07, 6.45) is 5.17. The summed E-state index contributed by atoms with van der Waals surface area (Å²) in [6.45, 7) is 3.21. The van der Waals surface area contributed by atoms with Crippen molar-refractivity contribution >= 4 is 29.3 Å². The summed E-state index contributed by atoms with van der Waals surface area (Å²) in [4.78, 5) is 5.54. The van der Waals surface area contributed by atoms with Gasteiger partial charge in [-0.3, -0.25) is 0 Å². The first-order valence-electron chi connectivity index (χ1n) is 5.18. The van der Waals surface area contributed by atoms with E-state index < -0.39 is 0 Å². The molecule has 0 bridgehead atoms. The Balaban J connectivity index is 2.20. The van der Waals surface area contributed by atoms with E-state index in [1.807, 2.05) is 24.0 Å². The Hall–Kier alpha value is -0.350. The summed E-state index contributed by atoms with van der Waals surface area (Å²) in [5, 5.41) is 3.32. The molecule has 0 aliphatic rings. The molecular weight excluding hydrogens is 224 g/mol. The number of thioether (sulfide) groups is 2. The minimum absolute atomic E-state index is 0.981. The van der Waals surface area contributed by atoms with Crippen molar-refractivity contribution in [3.8, 4) is 0 Å². The molecule has 0 aromatic carbocycles. The highest BCUT2D eigenvalue weighted by Gasteiger charge is 1.94. The highest BCUT2D eigenvalue weighted by atomic mass is 32.2. The van der Waals surface area contributed by atoms with E-state index in [-0.39, 0.29) is 0 Å². The van der Waals surface area contributed by atoms with E-state index in [1.165, 1.54) is 22.8 Å². The normalized spacial score (nSPS) is 10.3. The van der Waals surface area contributed by atoms with Gasteiger partial charge in [0.05, 0.1) is 0 Å². The molecule has 0 amide bonds. The zero-order valence-electron chi connectivity index (χ0n) is 9.32. The Labute approximate surface area is 101 Å². The molecule has 15 heavy (non-hydrogen) atoms. The van der Waals surface area contributed by atoms with E-state index in [2.05, 4.69) is 29.5 Å². The molecular formula is C11H18N2S2. The maximum Gasteiger partial charge on any atom is 0.125 e. The van der Waals surface area contributed by atoms with E-state index in [9.17, 15) is 0 Å². The molecule has 4 heteroatoms. The fourth-order valence-electron chi connectivity index (χ4n) is 1.14. The fraction of sp³-hybridized carbons (Fsp3) is 0.545. The zero-order chi connectivity index (χ0) is 10.9. The highest BCUT2D eigenvalue weighted by molar-refractivity contribution is 7.99. The van der Waals surface area contributed by atoms with E-state index >= 15 is 0 Å². The Morgan fingerprint density at radius 2 is 2.27 bits per heavy atom. The Morgan fingerprint density at radius 1 is 1.40 bits per heavy atom. The first kappa shape index (κ1) is 12.7. The SMILES string of the molecule is CCSCCCNc1ccc(SC)cn1. The molecule has 0 fully saturated rings. The third-order valence-corrected chi connectivity index (χ3v) is 3.65. The lowest BCUT2D eigenvalue weighted by atomic mass is 10.4. The number of hydrogen-bond donors (Lipinski definition) is 1. The summed E-state index contributed by atoms with van der Waals surface area (Å²) in [7, 11) is 0. The maximum atomic E-state index is 4.33. The summed E-state index contributed by atoms with van der Waals surface area (Å²) in [6, 6.07) is 4.14. The predicted octanol–water partition coefficient (Wildman–Crippen LogP) is 3.36. The minimum Gasteiger partial charge on any atom is -0.370 e. The number of rotatable bonds is 7. The van der Waals surface area contributed by atoms with Crippen LogP contribution < -0.4 is 5.32 Å². The van der Waals surface area contributed by atoms with Crippen LogP contribution in [0.2, 0.25) is 0 Å². The van der Waals surface area contributed by atoms with Gasteiger partial charge in [0, 0.05) is 17.6 Å². The van der Waals surface area contributed by atoms with Crippen LogP contribution >= 0.6 is 23.5 Å². The van der Waals surface area contributed by atoms with Gasteiger partial charge in [0.25, 0.3) is 0 Å². The van der Waals surface area contributed by atoms with Gasteiger partial charge in [-0.2, -0.15) is 11.8 Å². The molecule has 0 aliphatic heterocycles. The molecule has 1 heterocycles. The quantitative estimate of drug-likeness (QED) is 0.585.